The zero-order valence-electron chi connectivity index (χ0n) is 7.88. The maximum atomic E-state index is 11.4. The van der Waals surface area contributed by atoms with E-state index >= 15 is 0 Å². The van der Waals surface area contributed by atoms with Crippen molar-refractivity contribution in [3.8, 4) is 0 Å². The molecule has 0 saturated carbocycles. The average molecular weight is 224 g/mol. The molecule has 0 unspecified atom stereocenters. The maximum absolute atomic E-state index is 11.4. The van der Waals surface area contributed by atoms with E-state index in [9.17, 15) is 4.79 Å². The van der Waals surface area contributed by atoms with Crippen LogP contribution in [-0.2, 0) is 5.88 Å². The van der Waals surface area contributed by atoms with E-state index in [1.54, 1.807) is 6.20 Å². The summed E-state index contributed by atoms with van der Waals surface area (Å²) in [5.74, 6) is 5.22. The van der Waals surface area contributed by atoms with Gasteiger partial charge in [0, 0.05) is 23.0 Å². The molecule has 2 rings (SSSR count). The van der Waals surface area contributed by atoms with Crippen LogP contribution >= 0.6 is 11.6 Å². The lowest BCUT2D eigenvalue weighted by Crippen LogP contribution is -2.29. The molecule has 0 bridgehead atoms. The molecule has 5 heteroatoms. The first kappa shape index (κ1) is 10.0. The number of nitrogens with one attached hydrogen (secondary N) is 2. The Balaban J connectivity index is 2.57. The molecule has 15 heavy (non-hydrogen) atoms. The zero-order chi connectivity index (χ0) is 10.8. The number of nitrogens with two attached hydrogens (primary N) is 1. The van der Waals surface area contributed by atoms with Crippen molar-refractivity contribution in [2.24, 2.45) is 5.84 Å². The lowest BCUT2D eigenvalue weighted by atomic mass is 10.1. The summed E-state index contributed by atoms with van der Waals surface area (Å²) in [4.78, 5) is 14.4. The van der Waals surface area contributed by atoms with Crippen LogP contribution in [0.1, 0.15) is 15.9 Å². The number of rotatable bonds is 2. The molecule has 0 atom stereocenters. The Kier molecular flexibility index (Phi) is 2.62. The molecule has 1 amide bonds. The van der Waals surface area contributed by atoms with Crippen molar-refractivity contribution in [3.63, 3.8) is 0 Å². The second kappa shape index (κ2) is 3.92. The summed E-state index contributed by atoms with van der Waals surface area (Å²) in [6.07, 6.45) is 1.63. The predicted octanol–water partition coefficient (Wildman–Crippen LogP) is 1.51. The van der Waals surface area contributed by atoms with Crippen molar-refractivity contribution in [3.05, 3.63) is 35.5 Å². The van der Waals surface area contributed by atoms with Crippen molar-refractivity contribution < 1.29 is 4.79 Å². The average Bonchev–Trinajstić information content (AvgIpc) is 2.70. The van der Waals surface area contributed by atoms with Crippen molar-refractivity contribution in [1.82, 2.24) is 10.4 Å². The monoisotopic (exact) mass is 223 g/mol. The highest BCUT2D eigenvalue weighted by atomic mass is 35.5. The van der Waals surface area contributed by atoms with Crippen LogP contribution in [0.3, 0.4) is 0 Å². The van der Waals surface area contributed by atoms with Crippen LogP contribution in [-0.4, -0.2) is 10.9 Å². The molecule has 0 fully saturated rings. The smallest absolute Gasteiger partial charge is 0.267 e. The van der Waals surface area contributed by atoms with Gasteiger partial charge in [-0.25, -0.2) is 5.84 Å². The standard InChI is InChI=1S/C10H10ClN3O/c11-4-6-1-2-7-8(10(15)14-12)5-13-9(7)3-6/h1-3,5,13H,4,12H2,(H,14,15). The number of benzene rings is 1. The number of alkyl halides is 1. The second-order valence-electron chi connectivity index (χ2n) is 3.19. The van der Waals surface area contributed by atoms with E-state index in [0.717, 1.165) is 16.5 Å². The van der Waals surface area contributed by atoms with Crippen LogP contribution in [0.4, 0.5) is 0 Å². The highest BCUT2D eigenvalue weighted by Crippen LogP contribution is 2.20. The van der Waals surface area contributed by atoms with E-state index in [1.165, 1.54) is 0 Å². The van der Waals surface area contributed by atoms with Gasteiger partial charge < -0.3 is 4.98 Å². The van der Waals surface area contributed by atoms with E-state index in [0.29, 0.717) is 11.4 Å². The molecule has 0 saturated heterocycles. The number of H-pyrrole nitrogens is 1. The van der Waals surface area contributed by atoms with Crippen molar-refractivity contribution >= 4 is 28.4 Å². The minimum Gasteiger partial charge on any atom is -0.360 e. The quantitative estimate of drug-likeness (QED) is 0.313. The number of hydrogen-bond donors (Lipinski definition) is 3. The summed E-state index contributed by atoms with van der Waals surface area (Å²) in [6.45, 7) is 0. The third kappa shape index (κ3) is 1.69. The Morgan fingerprint density at radius 3 is 3.00 bits per heavy atom. The highest BCUT2D eigenvalue weighted by molar-refractivity contribution is 6.17. The number of aromatic amines is 1. The largest absolute Gasteiger partial charge is 0.360 e. The number of fused-ring (bicyclic) bond motifs is 1. The number of carbonyl (C=O) groups is 1. The summed E-state index contributed by atoms with van der Waals surface area (Å²) in [7, 11) is 0. The maximum Gasteiger partial charge on any atom is 0.267 e. The Hall–Kier alpha value is -1.52. The molecule has 0 radical (unpaired) electrons. The first-order chi connectivity index (χ1) is 7.26. The lowest BCUT2D eigenvalue weighted by molar-refractivity contribution is 0.0955. The van der Waals surface area contributed by atoms with E-state index in [2.05, 4.69) is 10.4 Å². The molecule has 1 aromatic heterocycles. The summed E-state index contributed by atoms with van der Waals surface area (Å²) in [5.41, 5.74) is 4.53. The van der Waals surface area contributed by atoms with E-state index in [-0.39, 0.29) is 5.91 Å². The third-order valence-corrected chi connectivity index (χ3v) is 2.58. The van der Waals surface area contributed by atoms with E-state index in [1.807, 2.05) is 18.2 Å². The van der Waals surface area contributed by atoms with Crippen LogP contribution in [0.2, 0.25) is 0 Å². The molecule has 0 spiro atoms. The third-order valence-electron chi connectivity index (χ3n) is 2.28. The molecule has 2 aromatic rings. The Morgan fingerprint density at radius 1 is 1.53 bits per heavy atom. The fourth-order valence-electron chi connectivity index (χ4n) is 1.52. The zero-order valence-corrected chi connectivity index (χ0v) is 8.64. The number of hydrazine groups is 1. The minimum absolute atomic E-state index is 0.306. The van der Waals surface area contributed by atoms with Gasteiger partial charge >= 0.3 is 0 Å². The van der Waals surface area contributed by atoms with E-state index < -0.39 is 0 Å². The van der Waals surface area contributed by atoms with Gasteiger partial charge in [0.15, 0.2) is 0 Å². The summed E-state index contributed by atoms with van der Waals surface area (Å²) in [5, 5.41) is 0.840. The van der Waals surface area contributed by atoms with Crippen molar-refractivity contribution in [1.29, 1.82) is 0 Å². The molecule has 4 nitrogen and oxygen atoms in total. The molecule has 0 aliphatic heterocycles. The molecule has 1 heterocycles. The van der Waals surface area contributed by atoms with Gasteiger partial charge in [-0.15, -0.1) is 11.6 Å². The number of halogens is 1. The van der Waals surface area contributed by atoms with Crippen LogP contribution in [0.5, 0.6) is 0 Å². The molecule has 0 aliphatic carbocycles. The predicted molar refractivity (Wildman–Crippen MR) is 59.5 cm³/mol. The molecule has 4 N–H and O–H groups in total. The van der Waals surface area contributed by atoms with Gasteiger partial charge in [0.2, 0.25) is 0 Å². The normalized spacial score (nSPS) is 10.5. The summed E-state index contributed by atoms with van der Waals surface area (Å²) >= 11 is 5.71. The van der Waals surface area contributed by atoms with Gasteiger partial charge in [0.25, 0.3) is 5.91 Å². The SMILES string of the molecule is NNC(=O)c1c[nH]c2cc(CCl)ccc12. The van der Waals surface area contributed by atoms with Crippen LogP contribution in [0.25, 0.3) is 10.9 Å². The topological polar surface area (TPSA) is 70.9 Å². The summed E-state index contributed by atoms with van der Waals surface area (Å²) < 4.78 is 0. The fraction of sp³-hybridized carbons (Fsp3) is 0.100. The molecular weight excluding hydrogens is 214 g/mol. The molecular formula is C10H10ClN3O. The number of amides is 1. The molecule has 0 aliphatic rings. The van der Waals surface area contributed by atoms with E-state index in [4.69, 9.17) is 17.4 Å². The van der Waals surface area contributed by atoms with Gasteiger partial charge in [0.05, 0.1) is 5.56 Å². The first-order valence-corrected chi connectivity index (χ1v) is 4.96. The van der Waals surface area contributed by atoms with Gasteiger partial charge in [-0.05, 0) is 11.6 Å². The Morgan fingerprint density at radius 2 is 2.33 bits per heavy atom. The summed E-state index contributed by atoms with van der Waals surface area (Å²) in [6, 6.07) is 5.65. The van der Waals surface area contributed by atoms with Crippen molar-refractivity contribution in [2.75, 3.05) is 0 Å². The van der Waals surface area contributed by atoms with Gasteiger partial charge in [-0.1, -0.05) is 12.1 Å². The number of hydrogen-bond acceptors (Lipinski definition) is 2. The number of aromatic nitrogens is 1. The first-order valence-electron chi connectivity index (χ1n) is 4.43. The van der Waals surface area contributed by atoms with Crippen LogP contribution < -0.4 is 11.3 Å². The lowest BCUT2D eigenvalue weighted by Gasteiger charge is -1.98. The Bertz CT molecular complexity index is 506. The fourth-order valence-corrected chi connectivity index (χ4v) is 1.69. The van der Waals surface area contributed by atoms with Crippen molar-refractivity contribution in [2.45, 2.75) is 5.88 Å². The van der Waals surface area contributed by atoms with Gasteiger partial charge in [-0.2, -0.15) is 0 Å². The highest BCUT2D eigenvalue weighted by Gasteiger charge is 2.10. The number of carbonyl (C=O) groups excluding carboxylic acids is 1. The Labute approximate surface area is 91.4 Å². The number of nitrogen functional groups attached to an aromatic ring is 1. The molecule has 78 valence electrons. The van der Waals surface area contributed by atoms with Gasteiger partial charge in [-0.3, -0.25) is 10.2 Å². The van der Waals surface area contributed by atoms with Gasteiger partial charge in [0.1, 0.15) is 0 Å². The van der Waals surface area contributed by atoms with Crippen LogP contribution in [0, 0.1) is 0 Å². The second-order valence-corrected chi connectivity index (χ2v) is 3.46. The molecule has 1 aromatic carbocycles. The van der Waals surface area contributed by atoms with Crippen LogP contribution in [0.15, 0.2) is 24.4 Å². The minimum atomic E-state index is -0.306.